The fourth-order valence-electron chi connectivity index (χ4n) is 3.37. The number of benzene rings is 2. The summed E-state index contributed by atoms with van der Waals surface area (Å²) in [6.07, 6.45) is 5.87. The molecule has 3 aromatic rings. The zero-order valence-electron chi connectivity index (χ0n) is 17.9. The Kier molecular flexibility index (Phi) is 7.92. The van der Waals surface area contributed by atoms with Crippen molar-refractivity contribution in [3.05, 3.63) is 71.8 Å². The molecule has 10 heteroatoms. The van der Waals surface area contributed by atoms with Crippen LogP contribution in [-0.2, 0) is 10.0 Å². The van der Waals surface area contributed by atoms with Crippen molar-refractivity contribution >= 4 is 50.1 Å². The Morgan fingerprint density at radius 2 is 1.88 bits per heavy atom. The number of thioether (sulfide) groups is 1. The maximum Gasteiger partial charge on any atom is 0.243 e. The Hall–Kier alpha value is -2.53. The summed E-state index contributed by atoms with van der Waals surface area (Å²) in [7, 11) is -3.56. The van der Waals surface area contributed by atoms with Gasteiger partial charge in [0, 0.05) is 24.4 Å². The van der Waals surface area contributed by atoms with E-state index in [1.807, 2.05) is 30.3 Å². The topological polar surface area (TPSA) is 92.3 Å². The lowest BCUT2D eigenvalue weighted by Gasteiger charge is -2.15. The molecule has 0 saturated carbocycles. The van der Waals surface area contributed by atoms with Gasteiger partial charge < -0.3 is 5.32 Å². The average Bonchev–Trinajstić information content (AvgIpc) is 3.54. The lowest BCUT2D eigenvalue weighted by Crippen LogP contribution is -2.28. The highest BCUT2D eigenvalue weighted by atomic mass is 32.2. The second-order valence-electron chi connectivity index (χ2n) is 7.41. The van der Waals surface area contributed by atoms with Crippen LogP contribution in [0.4, 0.5) is 5.13 Å². The maximum atomic E-state index is 12.8. The van der Waals surface area contributed by atoms with Crippen molar-refractivity contribution in [2.24, 2.45) is 0 Å². The number of anilines is 1. The van der Waals surface area contributed by atoms with E-state index in [1.54, 1.807) is 30.0 Å². The molecule has 0 radical (unpaired) electrons. The molecule has 1 N–H and O–H groups in total. The summed E-state index contributed by atoms with van der Waals surface area (Å²) in [5.41, 5.74) is 1.50. The highest BCUT2D eigenvalue weighted by molar-refractivity contribution is 8.01. The third-order valence-electron chi connectivity index (χ3n) is 5.08. The van der Waals surface area contributed by atoms with Gasteiger partial charge in [0.25, 0.3) is 0 Å². The molecule has 1 aromatic heterocycles. The number of carbonyl (C=O) groups excluding carboxylic acids is 1. The number of hydrogen-bond donors (Lipinski definition) is 1. The number of rotatable bonds is 10. The van der Waals surface area contributed by atoms with Crippen molar-refractivity contribution in [1.82, 2.24) is 14.5 Å². The SMILES string of the molecule is O=C(CNc1nnc(SC/C=C/c2ccccc2)s1)c1cccc(S(=O)(=O)N2CCCC2)c1. The number of carbonyl (C=O) groups is 1. The van der Waals surface area contributed by atoms with Gasteiger partial charge >= 0.3 is 0 Å². The van der Waals surface area contributed by atoms with Gasteiger partial charge in [0.05, 0.1) is 11.4 Å². The number of nitrogens with one attached hydrogen (secondary N) is 1. The normalized spacial score (nSPS) is 14.7. The first-order chi connectivity index (χ1) is 16.0. The highest BCUT2D eigenvalue weighted by Gasteiger charge is 2.27. The van der Waals surface area contributed by atoms with Crippen LogP contribution in [-0.4, -0.2) is 54.1 Å². The van der Waals surface area contributed by atoms with E-state index in [-0.39, 0.29) is 17.2 Å². The van der Waals surface area contributed by atoms with E-state index in [9.17, 15) is 13.2 Å². The summed E-state index contributed by atoms with van der Waals surface area (Å²) < 4.78 is 27.8. The van der Waals surface area contributed by atoms with Gasteiger partial charge in [-0.2, -0.15) is 4.31 Å². The molecule has 0 aliphatic carbocycles. The molecular weight excluding hydrogens is 476 g/mol. The first kappa shape index (κ1) is 23.6. The van der Waals surface area contributed by atoms with Crippen molar-refractivity contribution < 1.29 is 13.2 Å². The zero-order valence-corrected chi connectivity index (χ0v) is 20.3. The minimum atomic E-state index is -3.56. The molecule has 0 amide bonds. The maximum absolute atomic E-state index is 12.8. The summed E-state index contributed by atoms with van der Waals surface area (Å²) >= 11 is 2.95. The van der Waals surface area contributed by atoms with Crippen LogP contribution >= 0.6 is 23.1 Å². The second kappa shape index (κ2) is 11.1. The highest BCUT2D eigenvalue weighted by Crippen LogP contribution is 2.26. The van der Waals surface area contributed by atoms with Crippen LogP contribution in [0.3, 0.4) is 0 Å². The minimum Gasteiger partial charge on any atom is -0.353 e. The van der Waals surface area contributed by atoms with Crippen molar-refractivity contribution in [3.8, 4) is 0 Å². The number of Topliss-reactive ketones (excluding diaryl/α,β-unsaturated/α-hetero) is 1. The van der Waals surface area contributed by atoms with Crippen LogP contribution in [0.2, 0.25) is 0 Å². The first-order valence-corrected chi connectivity index (χ1v) is 13.8. The molecule has 1 aliphatic rings. The number of aromatic nitrogens is 2. The lowest BCUT2D eigenvalue weighted by atomic mass is 10.1. The van der Waals surface area contributed by atoms with Gasteiger partial charge in [0.1, 0.15) is 0 Å². The van der Waals surface area contributed by atoms with Crippen molar-refractivity contribution in [1.29, 1.82) is 0 Å². The quantitative estimate of drug-likeness (QED) is 0.325. The van der Waals surface area contributed by atoms with Gasteiger partial charge in [0.2, 0.25) is 15.2 Å². The van der Waals surface area contributed by atoms with Crippen molar-refractivity contribution in [2.45, 2.75) is 22.1 Å². The van der Waals surface area contributed by atoms with Crippen LogP contribution in [0.25, 0.3) is 6.08 Å². The summed E-state index contributed by atoms with van der Waals surface area (Å²) in [5, 5.41) is 11.8. The molecule has 1 fully saturated rings. The molecule has 172 valence electrons. The summed E-state index contributed by atoms with van der Waals surface area (Å²) in [6, 6.07) is 16.3. The van der Waals surface area contributed by atoms with Gasteiger partial charge in [-0.05, 0) is 30.5 Å². The second-order valence-corrected chi connectivity index (χ2v) is 11.6. The molecule has 0 bridgehead atoms. The van der Waals surface area contributed by atoms with E-state index in [1.165, 1.54) is 21.7 Å². The van der Waals surface area contributed by atoms with E-state index in [0.717, 1.165) is 28.5 Å². The molecule has 1 saturated heterocycles. The Balaban J connectivity index is 1.29. The summed E-state index contributed by atoms with van der Waals surface area (Å²) in [5.74, 6) is 0.560. The van der Waals surface area contributed by atoms with Gasteiger partial charge in [0.15, 0.2) is 10.1 Å². The molecule has 0 spiro atoms. The number of ketones is 1. The Morgan fingerprint density at radius 3 is 2.67 bits per heavy atom. The first-order valence-electron chi connectivity index (χ1n) is 10.6. The van der Waals surface area contributed by atoms with E-state index in [4.69, 9.17) is 0 Å². The standard InChI is InChI=1S/C23H24N4O3S3/c28-21(19-11-6-12-20(16-19)33(29,30)27-13-4-5-14-27)17-24-22-25-26-23(32-22)31-15-7-10-18-8-2-1-3-9-18/h1-3,6-12,16H,4-5,13-15,17H2,(H,24,25)/b10-7+. The Labute approximate surface area is 202 Å². The van der Waals surface area contributed by atoms with Crippen LogP contribution in [0.15, 0.2) is 69.9 Å². The van der Waals surface area contributed by atoms with Crippen LogP contribution in [0.5, 0.6) is 0 Å². The van der Waals surface area contributed by atoms with Gasteiger partial charge in [-0.3, -0.25) is 4.79 Å². The number of nitrogens with zero attached hydrogens (tertiary/aromatic N) is 3. The Morgan fingerprint density at radius 1 is 1.09 bits per heavy atom. The van der Waals surface area contributed by atoms with E-state index >= 15 is 0 Å². The van der Waals surface area contributed by atoms with Crippen molar-refractivity contribution in [2.75, 3.05) is 30.7 Å². The molecule has 0 atom stereocenters. The lowest BCUT2D eigenvalue weighted by molar-refractivity contribution is 0.101. The Bertz CT molecular complexity index is 1220. The molecule has 4 rings (SSSR count). The largest absolute Gasteiger partial charge is 0.353 e. The minimum absolute atomic E-state index is 0.0143. The molecule has 1 aliphatic heterocycles. The zero-order chi connectivity index (χ0) is 23.1. The number of sulfonamides is 1. The predicted octanol–water partition coefficient (Wildman–Crippen LogP) is 4.42. The van der Waals surface area contributed by atoms with Gasteiger partial charge in [-0.15, -0.1) is 10.2 Å². The third-order valence-corrected chi connectivity index (χ3v) is 8.94. The monoisotopic (exact) mass is 500 g/mol. The van der Waals surface area contributed by atoms with Crippen LogP contribution in [0, 0.1) is 0 Å². The molecule has 0 unspecified atom stereocenters. The van der Waals surface area contributed by atoms with Gasteiger partial charge in [-0.25, -0.2) is 8.42 Å². The van der Waals surface area contributed by atoms with Gasteiger partial charge in [-0.1, -0.05) is 77.7 Å². The fourth-order valence-corrected chi connectivity index (χ4v) is 6.52. The molecule has 33 heavy (non-hydrogen) atoms. The summed E-state index contributed by atoms with van der Waals surface area (Å²) in [6.45, 7) is 1.07. The van der Waals surface area contributed by atoms with E-state index in [2.05, 4.69) is 27.7 Å². The van der Waals surface area contributed by atoms with Crippen molar-refractivity contribution in [3.63, 3.8) is 0 Å². The van der Waals surface area contributed by atoms with E-state index < -0.39 is 10.0 Å². The van der Waals surface area contributed by atoms with Crippen LogP contribution < -0.4 is 5.32 Å². The smallest absolute Gasteiger partial charge is 0.243 e. The predicted molar refractivity (Wildman–Crippen MR) is 133 cm³/mol. The molecular formula is C23H24N4O3S3. The summed E-state index contributed by atoms with van der Waals surface area (Å²) in [4.78, 5) is 12.8. The third kappa shape index (κ3) is 6.29. The molecule has 2 aromatic carbocycles. The molecule has 7 nitrogen and oxygen atoms in total. The van der Waals surface area contributed by atoms with E-state index in [0.29, 0.717) is 23.8 Å². The number of hydrogen-bond acceptors (Lipinski definition) is 8. The average molecular weight is 501 g/mol. The fraction of sp³-hybridized carbons (Fsp3) is 0.261. The molecule has 2 heterocycles. The van der Waals surface area contributed by atoms with Crippen LogP contribution in [0.1, 0.15) is 28.8 Å².